The molecule has 2 aromatic carbocycles. The van der Waals surface area contributed by atoms with E-state index >= 15 is 0 Å². The van der Waals surface area contributed by atoms with Crippen LogP contribution in [-0.2, 0) is 21.8 Å². The molecule has 2 aromatic rings. The lowest BCUT2D eigenvalue weighted by Crippen LogP contribution is -2.39. The van der Waals surface area contributed by atoms with Crippen molar-refractivity contribution in [2.24, 2.45) is 0 Å². The number of anilines is 1. The number of rotatable bonds is 7. The van der Waals surface area contributed by atoms with Gasteiger partial charge in [-0.05, 0) is 36.2 Å². The highest BCUT2D eigenvalue weighted by atomic mass is 16.7. The third-order valence-corrected chi connectivity index (χ3v) is 3.71. The molecule has 0 saturated heterocycles. The van der Waals surface area contributed by atoms with E-state index in [0.29, 0.717) is 5.75 Å². The van der Waals surface area contributed by atoms with Gasteiger partial charge in [-0.25, -0.2) is 0 Å². The molecule has 0 heterocycles. The van der Waals surface area contributed by atoms with Crippen LogP contribution in [0.4, 0.5) is 5.69 Å². The fourth-order valence-corrected chi connectivity index (χ4v) is 2.40. The zero-order valence-electron chi connectivity index (χ0n) is 13.6. The van der Waals surface area contributed by atoms with Gasteiger partial charge in [0, 0.05) is 19.9 Å². The molecule has 0 bridgehead atoms. The van der Waals surface area contributed by atoms with E-state index in [2.05, 4.69) is 24.4 Å². The maximum atomic E-state index is 5.66. The van der Waals surface area contributed by atoms with Crippen molar-refractivity contribution in [1.82, 2.24) is 0 Å². The van der Waals surface area contributed by atoms with Crippen LogP contribution in [0.25, 0.3) is 0 Å². The van der Waals surface area contributed by atoms with Crippen molar-refractivity contribution >= 4 is 5.69 Å². The molecule has 0 aliphatic heterocycles. The Labute approximate surface area is 132 Å². The summed E-state index contributed by atoms with van der Waals surface area (Å²) in [5.74, 6) is -0.413. The highest BCUT2D eigenvalue weighted by Gasteiger charge is 2.35. The number of aryl methyl sites for hydroxylation is 1. The van der Waals surface area contributed by atoms with Gasteiger partial charge in [-0.3, -0.25) is 0 Å². The van der Waals surface area contributed by atoms with E-state index in [4.69, 9.17) is 14.2 Å². The lowest BCUT2D eigenvalue weighted by molar-refractivity contribution is -0.194. The number of nitrogens with one attached hydrogen (secondary N) is 1. The van der Waals surface area contributed by atoms with Crippen LogP contribution >= 0.6 is 0 Å². The molecule has 4 heteroatoms. The third kappa shape index (κ3) is 3.24. The van der Waals surface area contributed by atoms with Gasteiger partial charge in [0.2, 0.25) is 0 Å². The van der Waals surface area contributed by atoms with Gasteiger partial charge in [-0.2, -0.15) is 0 Å². The Morgan fingerprint density at radius 1 is 0.909 bits per heavy atom. The van der Waals surface area contributed by atoms with Crippen molar-refractivity contribution in [3.63, 3.8) is 0 Å². The van der Waals surface area contributed by atoms with Crippen LogP contribution in [0.3, 0.4) is 0 Å². The number of methoxy groups -OCH3 is 3. The normalized spacial score (nSPS) is 11.3. The van der Waals surface area contributed by atoms with Crippen molar-refractivity contribution in [3.05, 3.63) is 59.7 Å². The van der Waals surface area contributed by atoms with Gasteiger partial charge in [-0.1, -0.05) is 31.2 Å². The number of benzene rings is 2. The summed E-state index contributed by atoms with van der Waals surface area (Å²) in [6.45, 7) is 2.13. The summed E-state index contributed by atoms with van der Waals surface area (Å²) in [7, 11) is 4.83. The average Bonchev–Trinajstić information content (AvgIpc) is 2.60. The van der Waals surface area contributed by atoms with Crippen LogP contribution in [0.2, 0.25) is 0 Å². The first-order chi connectivity index (χ1) is 10.7. The minimum atomic E-state index is -1.11. The van der Waals surface area contributed by atoms with E-state index in [-0.39, 0.29) is 0 Å². The Morgan fingerprint density at radius 3 is 2.09 bits per heavy atom. The number of ether oxygens (including phenoxy) is 3. The number of hydrogen-bond acceptors (Lipinski definition) is 4. The van der Waals surface area contributed by atoms with Crippen LogP contribution in [0.5, 0.6) is 5.75 Å². The quantitative estimate of drug-likeness (QED) is 0.790. The second kappa shape index (κ2) is 7.29. The maximum absolute atomic E-state index is 5.66. The lowest BCUT2D eigenvalue weighted by atomic mass is 10.1. The second-order valence-electron chi connectivity index (χ2n) is 4.90. The summed E-state index contributed by atoms with van der Waals surface area (Å²) in [6, 6.07) is 15.8. The van der Waals surface area contributed by atoms with Gasteiger partial charge >= 0.3 is 0 Å². The van der Waals surface area contributed by atoms with E-state index in [0.717, 1.165) is 17.7 Å². The average molecular weight is 301 g/mol. The van der Waals surface area contributed by atoms with E-state index in [1.807, 2.05) is 36.4 Å². The van der Waals surface area contributed by atoms with Crippen molar-refractivity contribution in [1.29, 1.82) is 0 Å². The predicted octanol–water partition coefficient (Wildman–Crippen LogP) is 3.77. The summed E-state index contributed by atoms with van der Waals surface area (Å²) < 4.78 is 16.8. The van der Waals surface area contributed by atoms with Crippen LogP contribution in [0.15, 0.2) is 48.5 Å². The third-order valence-electron chi connectivity index (χ3n) is 3.71. The van der Waals surface area contributed by atoms with Crippen molar-refractivity contribution in [2.75, 3.05) is 26.6 Å². The van der Waals surface area contributed by atoms with E-state index < -0.39 is 5.91 Å². The minimum absolute atomic E-state index is 0.698. The standard InChI is InChI=1S/C18H23NO3/c1-5-14-10-12-15(13-11-14)19-18(21-3,22-4)16-8-6-7-9-17(16)20-2/h6-13,19H,5H2,1-4H3. The van der Waals surface area contributed by atoms with Gasteiger partial charge in [0.25, 0.3) is 5.91 Å². The van der Waals surface area contributed by atoms with Crippen molar-refractivity contribution in [2.45, 2.75) is 19.3 Å². The zero-order chi connectivity index (χ0) is 16.0. The first kappa shape index (κ1) is 16.3. The predicted molar refractivity (Wildman–Crippen MR) is 88.1 cm³/mol. The van der Waals surface area contributed by atoms with Gasteiger partial charge in [0.15, 0.2) is 0 Å². The Kier molecular flexibility index (Phi) is 5.41. The molecular formula is C18H23NO3. The van der Waals surface area contributed by atoms with E-state index in [9.17, 15) is 0 Å². The van der Waals surface area contributed by atoms with E-state index in [1.165, 1.54) is 5.56 Å². The molecule has 22 heavy (non-hydrogen) atoms. The van der Waals surface area contributed by atoms with Crippen LogP contribution in [0.1, 0.15) is 18.1 Å². The Balaban J connectivity index is 2.38. The molecule has 0 aliphatic carbocycles. The summed E-state index contributed by atoms with van der Waals surface area (Å²) in [6.07, 6.45) is 1.01. The monoisotopic (exact) mass is 301 g/mol. The fraction of sp³-hybridized carbons (Fsp3) is 0.333. The summed E-state index contributed by atoms with van der Waals surface area (Å²) in [4.78, 5) is 0. The van der Waals surface area contributed by atoms with Gasteiger partial charge in [0.1, 0.15) is 5.75 Å². The zero-order valence-corrected chi connectivity index (χ0v) is 13.6. The first-order valence-electron chi connectivity index (χ1n) is 7.30. The van der Waals surface area contributed by atoms with Crippen LogP contribution in [0, 0.1) is 0 Å². The Bertz CT molecular complexity index is 592. The van der Waals surface area contributed by atoms with Crippen molar-refractivity contribution in [3.8, 4) is 5.75 Å². The molecule has 0 spiro atoms. The molecular weight excluding hydrogens is 278 g/mol. The number of hydrogen-bond donors (Lipinski definition) is 1. The van der Waals surface area contributed by atoms with E-state index in [1.54, 1.807) is 21.3 Å². The van der Waals surface area contributed by atoms with Crippen LogP contribution < -0.4 is 10.1 Å². The lowest BCUT2D eigenvalue weighted by Gasteiger charge is -2.33. The second-order valence-corrected chi connectivity index (χ2v) is 4.90. The topological polar surface area (TPSA) is 39.7 Å². The highest BCUT2D eigenvalue weighted by Crippen LogP contribution is 2.34. The maximum Gasteiger partial charge on any atom is 0.280 e. The molecule has 118 valence electrons. The minimum Gasteiger partial charge on any atom is -0.496 e. The Morgan fingerprint density at radius 2 is 1.55 bits per heavy atom. The molecule has 0 saturated carbocycles. The first-order valence-corrected chi connectivity index (χ1v) is 7.30. The number of para-hydroxylation sites is 1. The summed E-state index contributed by atoms with van der Waals surface area (Å²) in [5.41, 5.74) is 2.97. The fourth-order valence-electron chi connectivity index (χ4n) is 2.40. The SMILES string of the molecule is CCc1ccc(NC(OC)(OC)c2ccccc2OC)cc1. The Hall–Kier alpha value is -2.04. The molecule has 0 amide bonds. The molecule has 0 aromatic heterocycles. The highest BCUT2D eigenvalue weighted by molar-refractivity contribution is 5.49. The molecule has 0 unspecified atom stereocenters. The van der Waals surface area contributed by atoms with Gasteiger partial charge < -0.3 is 19.5 Å². The summed E-state index contributed by atoms with van der Waals surface area (Å²) in [5, 5.41) is 3.31. The van der Waals surface area contributed by atoms with Gasteiger partial charge in [-0.15, -0.1) is 0 Å². The van der Waals surface area contributed by atoms with Gasteiger partial charge in [0.05, 0.1) is 12.7 Å². The molecule has 2 rings (SSSR count). The molecule has 0 radical (unpaired) electrons. The smallest absolute Gasteiger partial charge is 0.280 e. The van der Waals surface area contributed by atoms with Crippen molar-refractivity contribution < 1.29 is 14.2 Å². The molecule has 0 atom stereocenters. The van der Waals surface area contributed by atoms with Crippen LogP contribution in [-0.4, -0.2) is 21.3 Å². The molecule has 4 nitrogen and oxygen atoms in total. The molecule has 0 aliphatic rings. The molecule has 0 fully saturated rings. The molecule has 1 N–H and O–H groups in total. The summed E-state index contributed by atoms with van der Waals surface area (Å²) >= 11 is 0. The largest absolute Gasteiger partial charge is 0.496 e.